The molecule has 7 heteroatoms. The van der Waals surface area contributed by atoms with Crippen LogP contribution in [0.5, 0.6) is 5.88 Å². The highest BCUT2D eigenvalue weighted by atomic mass is 16.5. The average molecular weight is 276 g/mol. The third kappa shape index (κ3) is 3.59. The third-order valence-electron chi connectivity index (χ3n) is 2.68. The molecule has 0 aromatic carbocycles. The zero-order valence-corrected chi connectivity index (χ0v) is 12.0. The predicted octanol–water partition coefficient (Wildman–Crippen LogP) is 1.44. The highest BCUT2D eigenvalue weighted by Gasteiger charge is 2.07. The van der Waals surface area contributed by atoms with Crippen molar-refractivity contribution < 1.29 is 4.74 Å². The van der Waals surface area contributed by atoms with Crippen LogP contribution >= 0.6 is 0 Å². The van der Waals surface area contributed by atoms with Crippen LogP contribution in [-0.2, 0) is 13.6 Å². The summed E-state index contributed by atoms with van der Waals surface area (Å²) in [7, 11) is 1.89. The fraction of sp³-hybridized carbons (Fsp3) is 0.462. The minimum atomic E-state index is 0.423. The Labute approximate surface area is 118 Å². The molecule has 3 N–H and O–H groups in total. The van der Waals surface area contributed by atoms with Crippen LogP contribution in [0.4, 0.5) is 11.5 Å². The third-order valence-corrected chi connectivity index (χ3v) is 2.68. The SMILES string of the molecule is CC(C)COc1nc(NCc2nncn2C)ccc1N. The number of nitrogen functional groups attached to an aromatic ring is 1. The Hall–Kier alpha value is -2.31. The van der Waals surface area contributed by atoms with Crippen molar-refractivity contribution in [3.8, 4) is 5.88 Å². The van der Waals surface area contributed by atoms with E-state index in [1.54, 1.807) is 12.4 Å². The fourth-order valence-electron chi connectivity index (χ4n) is 1.55. The summed E-state index contributed by atoms with van der Waals surface area (Å²) in [6.45, 7) is 5.28. The molecular formula is C13H20N6O. The lowest BCUT2D eigenvalue weighted by molar-refractivity contribution is 0.263. The molecule has 0 aliphatic rings. The summed E-state index contributed by atoms with van der Waals surface area (Å²) in [6, 6.07) is 3.59. The Bertz CT molecular complexity index is 566. The summed E-state index contributed by atoms with van der Waals surface area (Å²) in [5, 5.41) is 11.0. The summed E-state index contributed by atoms with van der Waals surface area (Å²) in [6.07, 6.45) is 1.66. The van der Waals surface area contributed by atoms with Crippen LogP contribution < -0.4 is 15.8 Å². The summed E-state index contributed by atoms with van der Waals surface area (Å²) >= 11 is 0. The van der Waals surface area contributed by atoms with E-state index in [1.165, 1.54) is 0 Å². The molecule has 0 atom stereocenters. The summed E-state index contributed by atoms with van der Waals surface area (Å²) < 4.78 is 7.44. The largest absolute Gasteiger partial charge is 0.476 e. The number of nitrogens with one attached hydrogen (secondary N) is 1. The number of anilines is 2. The second-order valence-corrected chi connectivity index (χ2v) is 5.01. The van der Waals surface area contributed by atoms with Crippen molar-refractivity contribution in [2.24, 2.45) is 13.0 Å². The summed E-state index contributed by atoms with van der Waals surface area (Å²) in [5.74, 6) is 2.40. The standard InChI is InChI=1S/C13H20N6O/c1-9(2)7-20-13-10(14)4-5-11(17-13)15-6-12-18-16-8-19(12)3/h4-5,8-9H,6-7,14H2,1-3H3,(H,15,17). The van der Waals surface area contributed by atoms with Crippen LogP contribution in [-0.4, -0.2) is 26.4 Å². The number of aromatic nitrogens is 4. The lowest BCUT2D eigenvalue weighted by Crippen LogP contribution is -2.10. The predicted molar refractivity (Wildman–Crippen MR) is 77.3 cm³/mol. The molecule has 108 valence electrons. The molecule has 2 rings (SSSR count). The van der Waals surface area contributed by atoms with Gasteiger partial charge < -0.3 is 20.4 Å². The van der Waals surface area contributed by atoms with Crippen molar-refractivity contribution in [1.82, 2.24) is 19.7 Å². The van der Waals surface area contributed by atoms with Crippen molar-refractivity contribution in [3.05, 3.63) is 24.3 Å². The van der Waals surface area contributed by atoms with Crippen molar-refractivity contribution in [2.45, 2.75) is 20.4 Å². The van der Waals surface area contributed by atoms with E-state index in [9.17, 15) is 0 Å². The minimum absolute atomic E-state index is 0.423. The second kappa shape index (κ2) is 6.23. The number of hydrogen-bond donors (Lipinski definition) is 2. The van der Waals surface area contributed by atoms with E-state index < -0.39 is 0 Å². The normalized spacial score (nSPS) is 10.8. The van der Waals surface area contributed by atoms with Gasteiger partial charge in [-0.3, -0.25) is 0 Å². The molecule has 7 nitrogen and oxygen atoms in total. The van der Waals surface area contributed by atoms with Gasteiger partial charge in [-0.2, -0.15) is 4.98 Å². The summed E-state index contributed by atoms with van der Waals surface area (Å²) in [4.78, 5) is 4.36. The Morgan fingerprint density at radius 2 is 2.20 bits per heavy atom. The monoisotopic (exact) mass is 276 g/mol. The Kier molecular flexibility index (Phi) is 4.39. The van der Waals surface area contributed by atoms with Gasteiger partial charge in [-0.05, 0) is 18.1 Å². The maximum absolute atomic E-state index is 5.85. The molecule has 0 amide bonds. The number of rotatable bonds is 6. The minimum Gasteiger partial charge on any atom is -0.476 e. The Balaban J connectivity index is 2.01. The highest BCUT2D eigenvalue weighted by Crippen LogP contribution is 2.21. The lowest BCUT2D eigenvalue weighted by Gasteiger charge is -2.12. The smallest absolute Gasteiger partial charge is 0.239 e. The van der Waals surface area contributed by atoms with Crippen LogP contribution in [0.25, 0.3) is 0 Å². The van der Waals surface area contributed by atoms with Crippen molar-refractivity contribution >= 4 is 11.5 Å². The first-order valence-electron chi connectivity index (χ1n) is 6.52. The average Bonchev–Trinajstić information content (AvgIpc) is 2.81. The van der Waals surface area contributed by atoms with E-state index in [0.717, 1.165) is 5.82 Å². The molecule has 0 saturated carbocycles. The molecule has 0 saturated heterocycles. The molecule has 2 aromatic rings. The van der Waals surface area contributed by atoms with E-state index in [1.807, 2.05) is 17.7 Å². The van der Waals surface area contributed by atoms with Crippen LogP contribution in [0.1, 0.15) is 19.7 Å². The molecule has 0 aliphatic heterocycles. The van der Waals surface area contributed by atoms with E-state index >= 15 is 0 Å². The summed E-state index contributed by atoms with van der Waals surface area (Å²) in [5.41, 5.74) is 6.39. The van der Waals surface area contributed by atoms with Gasteiger partial charge in [0.25, 0.3) is 0 Å². The van der Waals surface area contributed by atoms with Gasteiger partial charge in [-0.1, -0.05) is 13.8 Å². The van der Waals surface area contributed by atoms with Gasteiger partial charge in [0.15, 0.2) is 5.82 Å². The fourth-order valence-corrected chi connectivity index (χ4v) is 1.55. The van der Waals surface area contributed by atoms with Gasteiger partial charge >= 0.3 is 0 Å². The van der Waals surface area contributed by atoms with Gasteiger partial charge in [0.2, 0.25) is 5.88 Å². The van der Waals surface area contributed by atoms with Gasteiger partial charge in [0.05, 0.1) is 18.8 Å². The molecule has 0 unspecified atom stereocenters. The van der Waals surface area contributed by atoms with Crippen molar-refractivity contribution in [1.29, 1.82) is 0 Å². The first-order valence-corrected chi connectivity index (χ1v) is 6.52. The van der Waals surface area contributed by atoms with Crippen LogP contribution in [0.3, 0.4) is 0 Å². The number of ether oxygens (including phenoxy) is 1. The Morgan fingerprint density at radius 3 is 2.85 bits per heavy atom. The number of nitrogens with two attached hydrogens (primary N) is 1. The second-order valence-electron chi connectivity index (χ2n) is 5.01. The Morgan fingerprint density at radius 1 is 1.40 bits per heavy atom. The zero-order chi connectivity index (χ0) is 14.5. The van der Waals surface area contributed by atoms with Gasteiger partial charge in [-0.15, -0.1) is 10.2 Å². The number of aryl methyl sites for hydroxylation is 1. The van der Waals surface area contributed by atoms with Crippen LogP contribution in [0, 0.1) is 5.92 Å². The van der Waals surface area contributed by atoms with Crippen LogP contribution in [0.2, 0.25) is 0 Å². The number of hydrogen-bond acceptors (Lipinski definition) is 6. The first-order chi connectivity index (χ1) is 9.56. The van der Waals surface area contributed by atoms with E-state index in [0.29, 0.717) is 36.5 Å². The lowest BCUT2D eigenvalue weighted by atomic mass is 10.2. The van der Waals surface area contributed by atoms with Crippen molar-refractivity contribution in [2.75, 3.05) is 17.7 Å². The van der Waals surface area contributed by atoms with Gasteiger partial charge in [-0.25, -0.2) is 0 Å². The molecule has 2 aromatic heterocycles. The number of nitrogens with zero attached hydrogens (tertiary/aromatic N) is 4. The van der Waals surface area contributed by atoms with Gasteiger partial charge in [0, 0.05) is 7.05 Å². The quantitative estimate of drug-likeness (QED) is 0.829. The van der Waals surface area contributed by atoms with Crippen molar-refractivity contribution in [3.63, 3.8) is 0 Å². The van der Waals surface area contributed by atoms with Gasteiger partial charge in [0.1, 0.15) is 12.1 Å². The maximum Gasteiger partial charge on any atom is 0.239 e. The molecular weight excluding hydrogens is 256 g/mol. The topological polar surface area (TPSA) is 90.9 Å². The molecule has 2 heterocycles. The van der Waals surface area contributed by atoms with Crippen LogP contribution in [0.15, 0.2) is 18.5 Å². The molecule has 20 heavy (non-hydrogen) atoms. The zero-order valence-electron chi connectivity index (χ0n) is 12.0. The molecule has 0 fully saturated rings. The molecule has 0 radical (unpaired) electrons. The highest BCUT2D eigenvalue weighted by molar-refractivity contribution is 5.53. The maximum atomic E-state index is 5.85. The first kappa shape index (κ1) is 14.1. The van der Waals surface area contributed by atoms with E-state index in [-0.39, 0.29) is 0 Å². The molecule has 0 bridgehead atoms. The van der Waals surface area contributed by atoms with E-state index in [2.05, 4.69) is 34.3 Å². The van der Waals surface area contributed by atoms with E-state index in [4.69, 9.17) is 10.5 Å². The number of pyridine rings is 1. The molecule has 0 spiro atoms. The molecule has 0 aliphatic carbocycles.